The first-order valence-electron chi connectivity index (χ1n) is 9.41. The Bertz CT molecular complexity index is 566. The van der Waals surface area contributed by atoms with E-state index in [2.05, 4.69) is 5.32 Å². The molecule has 25 heavy (non-hydrogen) atoms. The lowest BCUT2D eigenvalue weighted by molar-refractivity contribution is -0.142. The van der Waals surface area contributed by atoms with Gasteiger partial charge in [-0.1, -0.05) is 38.2 Å². The Hall–Kier alpha value is -1.07. The average molecular weight is 383 g/mol. The number of halogens is 1. The van der Waals surface area contributed by atoms with Crippen LogP contribution in [0.5, 0.6) is 0 Å². The molecule has 0 unspecified atom stereocenters. The summed E-state index contributed by atoms with van der Waals surface area (Å²) in [7, 11) is 0. The highest BCUT2D eigenvalue weighted by molar-refractivity contribution is 7.10. The lowest BCUT2D eigenvalue weighted by Crippen LogP contribution is -2.50. The SMILES string of the molecule is O=C(NC1CCCCC1)[C@H](c1cccs1)N(C(=O)CCl)C1CCCC1. The van der Waals surface area contributed by atoms with Crippen molar-refractivity contribution in [3.05, 3.63) is 22.4 Å². The lowest BCUT2D eigenvalue weighted by Gasteiger charge is -2.36. The third kappa shape index (κ3) is 4.56. The van der Waals surface area contributed by atoms with Gasteiger partial charge in [0.2, 0.25) is 11.8 Å². The summed E-state index contributed by atoms with van der Waals surface area (Å²) >= 11 is 7.45. The van der Waals surface area contributed by atoms with Gasteiger partial charge in [-0.2, -0.15) is 0 Å². The number of hydrogen-bond acceptors (Lipinski definition) is 3. The van der Waals surface area contributed by atoms with Gasteiger partial charge in [-0.05, 0) is 37.1 Å². The van der Waals surface area contributed by atoms with Gasteiger partial charge in [0.05, 0.1) is 0 Å². The van der Waals surface area contributed by atoms with Crippen LogP contribution in [-0.2, 0) is 9.59 Å². The van der Waals surface area contributed by atoms with E-state index in [0.29, 0.717) is 0 Å². The van der Waals surface area contributed by atoms with Gasteiger partial charge in [-0.15, -0.1) is 22.9 Å². The molecule has 1 aromatic heterocycles. The standard InChI is InChI=1S/C19H27ClN2O2S/c20-13-17(23)22(15-9-4-5-10-15)18(16-11-6-12-25-16)19(24)21-14-7-2-1-3-8-14/h6,11-12,14-15,18H,1-5,7-10,13H2,(H,21,24)/t18-/m0/s1. The predicted molar refractivity (Wildman–Crippen MR) is 102 cm³/mol. The molecule has 0 saturated heterocycles. The van der Waals surface area contributed by atoms with Gasteiger partial charge in [0.1, 0.15) is 11.9 Å². The van der Waals surface area contributed by atoms with E-state index in [1.807, 2.05) is 17.5 Å². The molecule has 1 heterocycles. The summed E-state index contributed by atoms with van der Waals surface area (Å²) in [5.41, 5.74) is 0. The first kappa shape index (κ1) is 18.7. The fourth-order valence-corrected chi connectivity index (χ4v) is 5.14. The van der Waals surface area contributed by atoms with Crippen molar-refractivity contribution >= 4 is 34.8 Å². The highest BCUT2D eigenvalue weighted by Gasteiger charge is 2.38. The maximum absolute atomic E-state index is 13.2. The van der Waals surface area contributed by atoms with E-state index < -0.39 is 6.04 Å². The van der Waals surface area contributed by atoms with Crippen LogP contribution in [0.1, 0.15) is 68.7 Å². The molecule has 0 bridgehead atoms. The largest absolute Gasteiger partial charge is 0.351 e. The van der Waals surface area contributed by atoms with Gasteiger partial charge in [0.25, 0.3) is 0 Å². The van der Waals surface area contributed by atoms with Crippen molar-refractivity contribution in [3.63, 3.8) is 0 Å². The summed E-state index contributed by atoms with van der Waals surface area (Å²) in [6.45, 7) is 0. The molecule has 0 radical (unpaired) electrons. The fraction of sp³-hybridized carbons (Fsp3) is 0.684. The van der Waals surface area contributed by atoms with Gasteiger partial charge >= 0.3 is 0 Å². The highest BCUT2D eigenvalue weighted by atomic mass is 35.5. The minimum atomic E-state index is -0.545. The molecule has 2 aliphatic carbocycles. The van der Waals surface area contributed by atoms with Crippen molar-refractivity contribution in [1.82, 2.24) is 10.2 Å². The number of carbonyl (C=O) groups excluding carboxylic acids is 2. The maximum Gasteiger partial charge on any atom is 0.248 e. The molecule has 3 rings (SSSR count). The normalized spacial score (nSPS) is 20.4. The molecule has 0 aromatic carbocycles. The quantitative estimate of drug-likeness (QED) is 0.748. The van der Waals surface area contributed by atoms with E-state index >= 15 is 0 Å². The molecule has 1 atom stereocenters. The summed E-state index contributed by atoms with van der Waals surface area (Å²) in [6.07, 6.45) is 9.80. The number of alkyl halides is 1. The maximum atomic E-state index is 13.2. The van der Waals surface area contributed by atoms with Crippen LogP contribution in [0.25, 0.3) is 0 Å². The molecule has 1 aromatic rings. The van der Waals surface area contributed by atoms with Crippen molar-refractivity contribution in [3.8, 4) is 0 Å². The molecule has 0 spiro atoms. The number of nitrogens with zero attached hydrogens (tertiary/aromatic N) is 1. The summed E-state index contributed by atoms with van der Waals surface area (Å²) in [6, 6.07) is 3.71. The first-order chi connectivity index (χ1) is 12.2. The molecular weight excluding hydrogens is 356 g/mol. The first-order valence-corrected chi connectivity index (χ1v) is 10.8. The van der Waals surface area contributed by atoms with E-state index in [1.54, 1.807) is 4.90 Å². The Morgan fingerprint density at radius 1 is 1.16 bits per heavy atom. The van der Waals surface area contributed by atoms with Crippen LogP contribution in [0, 0.1) is 0 Å². The van der Waals surface area contributed by atoms with Crippen molar-refractivity contribution in [2.24, 2.45) is 0 Å². The van der Waals surface area contributed by atoms with Crippen LogP contribution in [0.15, 0.2) is 17.5 Å². The molecule has 2 aliphatic rings. The summed E-state index contributed by atoms with van der Waals surface area (Å²) in [5, 5.41) is 5.19. The molecule has 2 saturated carbocycles. The second-order valence-electron chi connectivity index (χ2n) is 7.13. The zero-order valence-electron chi connectivity index (χ0n) is 14.6. The average Bonchev–Trinajstić information content (AvgIpc) is 3.33. The fourth-order valence-electron chi connectivity index (χ4n) is 4.18. The van der Waals surface area contributed by atoms with E-state index in [0.717, 1.165) is 43.4 Å². The van der Waals surface area contributed by atoms with Crippen LogP contribution < -0.4 is 5.32 Å². The highest BCUT2D eigenvalue weighted by Crippen LogP contribution is 2.34. The third-order valence-corrected chi connectivity index (χ3v) is 6.56. The Kier molecular flexibility index (Phi) is 6.77. The summed E-state index contributed by atoms with van der Waals surface area (Å²) in [4.78, 5) is 28.5. The molecule has 4 nitrogen and oxygen atoms in total. The van der Waals surface area contributed by atoms with Crippen molar-refractivity contribution in [2.45, 2.75) is 75.9 Å². The Morgan fingerprint density at radius 3 is 2.44 bits per heavy atom. The number of amides is 2. The molecule has 138 valence electrons. The summed E-state index contributed by atoms with van der Waals surface area (Å²) < 4.78 is 0. The topological polar surface area (TPSA) is 49.4 Å². The minimum absolute atomic E-state index is 0.0419. The second-order valence-corrected chi connectivity index (χ2v) is 8.38. The molecule has 2 amide bonds. The van der Waals surface area contributed by atoms with Gasteiger partial charge < -0.3 is 10.2 Å². The monoisotopic (exact) mass is 382 g/mol. The molecule has 2 fully saturated rings. The van der Waals surface area contributed by atoms with E-state index in [4.69, 9.17) is 11.6 Å². The summed E-state index contributed by atoms with van der Waals surface area (Å²) in [5.74, 6) is -0.250. The second kappa shape index (κ2) is 9.04. The van der Waals surface area contributed by atoms with E-state index in [1.165, 1.54) is 30.6 Å². The lowest BCUT2D eigenvalue weighted by atomic mass is 9.95. The van der Waals surface area contributed by atoms with Crippen LogP contribution in [0.4, 0.5) is 0 Å². The van der Waals surface area contributed by atoms with Gasteiger partial charge in [-0.25, -0.2) is 0 Å². The molecule has 0 aliphatic heterocycles. The number of carbonyl (C=O) groups is 2. The molecule has 6 heteroatoms. The van der Waals surface area contributed by atoms with Crippen LogP contribution >= 0.6 is 22.9 Å². The smallest absolute Gasteiger partial charge is 0.248 e. The zero-order valence-corrected chi connectivity index (χ0v) is 16.2. The van der Waals surface area contributed by atoms with Crippen molar-refractivity contribution in [1.29, 1.82) is 0 Å². The van der Waals surface area contributed by atoms with Crippen molar-refractivity contribution < 1.29 is 9.59 Å². The van der Waals surface area contributed by atoms with Gasteiger partial charge in [0.15, 0.2) is 0 Å². The zero-order chi connectivity index (χ0) is 17.6. The molecule has 1 N–H and O–H groups in total. The number of rotatable bonds is 6. The van der Waals surface area contributed by atoms with Crippen LogP contribution in [0.2, 0.25) is 0 Å². The van der Waals surface area contributed by atoms with Crippen LogP contribution in [0.3, 0.4) is 0 Å². The van der Waals surface area contributed by atoms with E-state index in [9.17, 15) is 9.59 Å². The number of nitrogens with one attached hydrogen (secondary N) is 1. The number of thiophene rings is 1. The number of hydrogen-bond donors (Lipinski definition) is 1. The van der Waals surface area contributed by atoms with Crippen molar-refractivity contribution in [2.75, 3.05) is 5.88 Å². The van der Waals surface area contributed by atoms with Crippen LogP contribution in [-0.4, -0.2) is 34.7 Å². The Labute approximate surface area is 158 Å². The third-order valence-electron chi connectivity index (χ3n) is 5.41. The minimum Gasteiger partial charge on any atom is -0.351 e. The Balaban J connectivity index is 1.84. The van der Waals surface area contributed by atoms with E-state index in [-0.39, 0.29) is 29.8 Å². The predicted octanol–water partition coefficient (Wildman–Crippen LogP) is 4.25. The van der Waals surface area contributed by atoms with Gasteiger partial charge in [0, 0.05) is 17.0 Å². The molecular formula is C19H27ClN2O2S. The van der Waals surface area contributed by atoms with Gasteiger partial charge in [-0.3, -0.25) is 9.59 Å². The Morgan fingerprint density at radius 2 is 1.84 bits per heavy atom.